The van der Waals surface area contributed by atoms with Crippen molar-refractivity contribution in [1.82, 2.24) is 0 Å². The van der Waals surface area contributed by atoms with Gasteiger partial charge >= 0.3 is 0 Å². The van der Waals surface area contributed by atoms with Gasteiger partial charge in [-0.05, 0) is 24.8 Å². The van der Waals surface area contributed by atoms with Crippen molar-refractivity contribution in [3.8, 4) is 0 Å². The predicted molar refractivity (Wildman–Crippen MR) is 37.2 cm³/mol. The Kier molecular flexibility index (Phi) is 2.11. The van der Waals surface area contributed by atoms with E-state index in [0.717, 1.165) is 24.8 Å². The quantitative estimate of drug-likeness (QED) is 0.558. The van der Waals surface area contributed by atoms with Gasteiger partial charge < -0.3 is 10.8 Å². The number of allylic oxidation sites excluding steroid dienone is 1. The van der Waals surface area contributed by atoms with Gasteiger partial charge in [-0.3, -0.25) is 0 Å². The van der Waals surface area contributed by atoms with Crippen LogP contribution in [0.25, 0.3) is 0 Å². The van der Waals surface area contributed by atoms with Gasteiger partial charge in [0.25, 0.3) is 0 Å². The van der Waals surface area contributed by atoms with Gasteiger partial charge in [-0.25, -0.2) is 0 Å². The molecule has 0 heterocycles. The van der Waals surface area contributed by atoms with Gasteiger partial charge in [0, 0.05) is 13.0 Å². The first-order valence-electron chi connectivity index (χ1n) is 3.44. The monoisotopic (exact) mass is 127 g/mol. The van der Waals surface area contributed by atoms with E-state index < -0.39 is 0 Å². The minimum Gasteiger partial charge on any atom is -0.512 e. The van der Waals surface area contributed by atoms with E-state index in [2.05, 4.69) is 0 Å². The fourth-order valence-electron chi connectivity index (χ4n) is 1.17. The van der Waals surface area contributed by atoms with Crippen LogP contribution in [0.3, 0.4) is 0 Å². The summed E-state index contributed by atoms with van der Waals surface area (Å²) in [5.41, 5.74) is 6.43. The molecule has 0 spiro atoms. The molecule has 0 amide bonds. The summed E-state index contributed by atoms with van der Waals surface area (Å²) in [6.07, 6.45) is 4.15. The molecule has 0 aromatic carbocycles. The maximum atomic E-state index is 9.17. The van der Waals surface area contributed by atoms with E-state index in [4.69, 9.17) is 10.8 Å². The molecule has 52 valence electrons. The van der Waals surface area contributed by atoms with Crippen LogP contribution >= 0.6 is 0 Å². The van der Waals surface area contributed by atoms with E-state index in [-0.39, 0.29) is 0 Å². The Labute approximate surface area is 55.4 Å². The first-order chi connectivity index (χ1) is 4.34. The third kappa shape index (κ3) is 1.45. The van der Waals surface area contributed by atoms with Crippen molar-refractivity contribution < 1.29 is 5.11 Å². The van der Waals surface area contributed by atoms with Crippen molar-refractivity contribution in [2.75, 3.05) is 6.54 Å². The maximum absolute atomic E-state index is 9.17. The minimum atomic E-state index is 0.534. The third-order valence-corrected chi connectivity index (χ3v) is 1.80. The van der Waals surface area contributed by atoms with E-state index >= 15 is 0 Å². The lowest BCUT2D eigenvalue weighted by atomic mass is 9.98. The summed E-state index contributed by atoms with van der Waals surface area (Å²) in [5.74, 6) is 0.545. The Morgan fingerprint density at radius 2 is 2.00 bits per heavy atom. The number of hydrogen-bond donors (Lipinski definition) is 2. The Morgan fingerprint density at radius 1 is 1.33 bits per heavy atom. The van der Waals surface area contributed by atoms with Crippen molar-refractivity contribution in [2.45, 2.75) is 25.7 Å². The average molecular weight is 127 g/mol. The summed E-state index contributed by atoms with van der Waals surface area (Å²) >= 11 is 0. The number of aliphatic hydroxyl groups excluding tert-OH is 1. The first-order valence-corrected chi connectivity index (χ1v) is 3.44. The maximum Gasteiger partial charge on any atom is 0.0927 e. The van der Waals surface area contributed by atoms with E-state index in [1.165, 1.54) is 6.42 Å². The molecule has 0 saturated heterocycles. The summed E-state index contributed by atoms with van der Waals surface area (Å²) in [6, 6.07) is 0. The largest absolute Gasteiger partial charge is 0.512 e. The van der Waals surface area contributed by atoms with Crippen LogP contribution in [0.5, 0.6) is 0 Å². The van der Waals surface area contributed by atoms with Gasteiger partial charge in [0.2, 0.25) is 0 Å². The summed E-state index contributed by atoms with van der Waals surface area (Å²) in [7, 11) is 0. The Morgan fingerprint density at radius 3 is 2.44 bits per heavy atom. The Bertz CT molecular complexity index is 129. The van der Waals surface area contributed by atoms with Crippen LogP contribution in [0, 0.1) is 0 Å². The van der Waals surface area contributed by atoms with Crippen molar-refractivity contribution in [1.29, 1.82) is 0 Å². The molecule has 0 aromatic heterocycles. The van der Waals surface area contributed by atoms with Crippen LogP contribution in [0.4, 0.5) is 0 Å². The summed E-state index contributed by atoms with van der Waals surface area (Å²) < 4.78 is 0. The molecule has 2 nitrogen and oxygen atoms in total. The lowest BCUT2D eigenvalue weighted by Crippen LogP contribution is -2.09. The molecule has 0 atom stereocenters. The lowest BCUT2D eigenvalue weighted by Gasteiger charge is -2.13. The summed E-state index contributed by atoms with van der Waals surface area (Å²) in [5, 5.41) is 9.17. The van der Waals surface area contributed by atoms with Gasteiger partial charge in [0.05, 0.1) is 5.76 Å². The fraction of sp³-hybridized carbons (Fsp3) is 0.714. The van der Waals surface area contributed by atoms with E-state index in [0.29, 0.717) is 12.3 Å². The molecule has 0 fully saturated rings. The minimum absolute atomic E-state index is 0.534. The molecular weight excluding hydrogens is 114 g/mol. The van der Waals surface area contributed by atoms with Crippen LogP contribution in [0.15, 0.2) is 11.3 Å². The standard InChI is InChI=1S/C7H13NO/c8-5-6-3-1-2-4-7(6)9/h9H,1-5,8H2. The number of rotatable bonds is 1. The van der Waals surface area contributed by atoms with E-state index in [1.807, 2.05) is 0 Å². The highest BCUT2D eigenvalue weighted by atomic mass is 16.3. The third-order valence-electron chi connectivity index (χ3n) is 1.80. The second-order valence-electron chi connectivity index (χ2n) is 2.46. The normalized spacial score (nSPS) is 20.6. The van der Waals surface area contributed by atoms with Gasteiger partial charge in [0.15, 0.2) is 0 Å². The zero-order chi connectivity index (χ0) is 6.69. The number of nitrogens with two attached hydrogens (primary N) is 1. The van der Waals surface area contributed by atoms with Crippen molar-refractivity contribution in [3.63, 3.8) is 0 Å². The zero-order valence-electron chi connectivity index (χ0n) is 5.56. The first kappa shape index (κ1) is 6.62. The number of hydrogen-bond acceptors (Lipinski definition) is 2. The van der Waals surface area contributed by atoms with Gasteiger partial charge in [-0.2, -0.15) is 0 Å². The summed E-state index contributed by atoms with van der Waals surface area (Å²) in [6.45, 7) is 0.534. The van der Waals surface area contributed by atoms with Crippen LogP contribution in [0.2, 0.25) is 0 Å². The molecule has 0 bridgehead atoms. The van der Waals surface area contributed by atoms with E-state index in [9.17, 15) is 0 Å². The van der Waals surface area contributed by atoms with E-state index in [1.54, 1.807) is 0 Å². The lowest BCUT2D eigenvalue weighted by molar-refractivity contribution is 0.357. The molecule has 1 aliphatic carbocycles. The van der Waals surface area contributed by atoms with Crippen LogP contribution < -0.4 is 5.73 Å². The average Bonchev–Trinajstić information content (AvgIpc) is 1.89. The molecule has 0 aliphatic heterocycles. The molecule has 1 rings (SSSR count). The predicted octanol–water partition coefficient (Wildman–Crippen LogP) is 1.33. The second-order valence-corrected chi connectivity index (χ2v) is 2.46. The molecule has 0 unspecified atom stereocenters. The van der Waals surface area contributed by atoms with Gasteiger partial charge in [0.1, 0.15) is 0 Å². The topological polar surface area (TPSA) is 46.2 Å². The highest BCUT2D eigenvalue weighted by molar-refractivity contribution is 5.11. The highest BCUT2D eigenvalue weighted by Crippen LogP contribution is 2.21. The Hall–Kier alpha value is -0.500. The molecule has 0 saturated carbocycles. The van der Waals surface area contributed by atoms with Crippen molar-refractivity contribution >= 4 is 0 Å². The molecule has 3 N–H and O–H groups in total. The molecule has 2 heteroatoms. The Balaban J connectivity index is 2.59. The van der Waals surface area contributed by atoms with Crippen LogP contribution in [0.1, 0.15) is 25.7 Å². The zero-order valence-corrected chi connectivity index (χ0v) is 5.56. The molecule has 0 aromatic rings. The van der Waals surface area contributed by atoms with Crippen LogP contribution in [-0.2, 0) is 0 Å². The van der Waals surface area contributed by atoms with Gasteiger partial charge in [-0.1, -0.05) is 0 Å². The smallest absolute Gasteiger partial charge is 0.0927 e. The van der Waals surface area contributed by atoms with Crippen molar-refractivity contribution in [3.05, 3.63) is 11.3 Å². The SMILES string of the molecule is NCC1=C(O)CCCC1. The van der Waals surface area contributed by atoms with Gasteiger partial charge in [-0.15, -0.1) is 0 Å². The highest BCUT2D eigenvalue weighted by Gasteiger charge is 2.08. The molecule has 1 aliphatic rings. The fourth-order valence-corrected chi connectivity index (χ4v) is 1.17. The second kappa shape index (κ2) is 2.87. The van der Waals surface area contributed by atoms with Crippen molar-refractivity contribution in [2.24, 2.45) is 5.73 Å². The molecule has 9 heavy (non-hydrogen) atoms. The number of aliphatic hydroxyl groups is 1. The molecular formula is C7H13NO. The van der Waals surface area contributed by atoms with Crippen LogP contribution in [-0.4, -0.2) is 11.7 Å². The molecule has 0 radical (unpaired) electrons. The summed E-state index contributed by atoms with van der Waals surface area (Å²) in [4.78, 5) is 0.